The van der Waals surface area contributed by atoms with Crippen LogP contribution in [-0.2, 0) is 6.54 Å². The van der Waals surface area contributed by atoms with Crippen LogP contribution in [0.15, 0.2) is 12.4 Å². The Labute approximate surface area is 125 Å². The minimum absolute atomic E-state index is 0.102. The van der Waals surface area contributed by atoms with E-state index in [0.717, 1.165) is 58.2 Å². The molecular weight excluding hydrogens is 266 g/mol. The third-order valence-corrected chi connectivity index (χ3v) is 5.33. The number of aliphatic hydroxyl groups excluding tert-OH is 1. The van der Waals surface area contributed by atoms with Crippen molar-refractivity contribution in [1.29, 1.82) is 0 Å². The van der Waals surface area contributed by atoms with Crippen molar-refractivity contribution in [3.63, 3.8) is 0 Å². The van der Waals surface area contributed by atoms with E-state index in [2.05, 4.69) is 5.10 Å². The SMILES string of the molecule is CCn1cc(C(=O)N2CCC3(CCC(O)CC3)CC2)cn1. The minimum atomic E-state index is -0.102. The zero-order chi connectivity index (χ0) is 14.9. The minimum Gasteiger partial charge on any atom is -0.393 e. The third kappa shape index (κ3) is 2.98. The summed E-state index contributed by atoms with van der Waals surface area (Å²) in [5.41, 5.74) is 1.08. The van der Waals surface area contributed by atoms with Gasteiger partial charge in [-0.05, 0) is 50.9 Å². The fraction of sp³-hybridized carbons (Fsp3) is 0.750. The summed E-state index contributed by atoms with van der Waals surface area (Å²) in [6.07, 6.45) is 9.65. The van der Waals surface area contributed by atoms with Crippen molar-refractivity contribution in [1.82, 2.24) is 14.7 Å². The molecule has 0 aromatic carbocycles. The summed E-state index contributed by atoms with van der Waals surface area (Å²) in [4.78, 5) is 14.5. The van der Waals surface area contributed by atoms with Crippen LogP contribution in [0.1, 0.15) is 55.8 Å². The first kappa shape index (κ1) is 14.6. The molecule has 1 aliphatic carbocycles. The lowest BCUT2D eigenvalue weighted by atomic mass is 9.67. The number of hydrogen-bond acceptors (Lipinski definition) is 3. The van der Waals surface area contributed by atoms with Crippen LogP contribution in [0.25, 0.3) is 0 Å². The van der Waals surface area contributed by atoms with Crippen LogP contribution in [0.4, 0.5) is 0 Å². The van der Waals surface area contributed by atoms with Gasteiger partial charge in [-0.15, -0.1) is 0 Å². The van der Waals surface area contributed by atoms with Crippen LogP contribution >= 0.6 is 0 Å². The Balaban J connectivity index is 1.59. The summed E-state index contributed by atoms with van der Waals surface area (Å²) in [5.74, 6) is 0.111. The average Bonchev–Trinajstić information content (AvgIpc) is 3.00. The molecule has 0 unspecified atom stereocenters. The summed E-state index contributed by atoms with van der Waals surface area (Å²) in [6.45, 7) is 4.49. The normalized spacial score (nSPS) is 22.7. The fourth-order valence-electron chi connectivity index (χ4n) is 3.73. The number of piperidine rings is 1. The number of aryl methyl sites for hydroxylation is 1. The van der Waals surface area contributed by atoms with Gasteiger partial charge in [0, 0.05) is 25.8 Å². The van der Waals surface area contributed by atoms with Crippen molar-refractivity contribution >= 4 is 5.91 Å². The molecule has 2 fully saturated rings. The first-order valence-electron chi connectivity index (χ1n) is 8.12. The number of aromatic nitrogens is 2. The fourth-order valence-corrected chi connectivity index (χ4v) is 3.73. The van der Waals surface area contributed by atoms with Crippen molar-refractivity contribution < 1.29 is 9.90 Å². The molecule has 1 saturated heterocycles. The zero-order valence-electron chi connectivity index (χ0n) is 12.8. The first-order valence-corrected chi connectivity index (χ1v) is 8.12. The zero-order valence-corrected chi connectivity index (χ0v) is 12.8. The van der Waals surface area contributed by atoms with E-state index >= 15 is 0 Å². The van der Waals surface area contributed by atoms with Gasteiger partial charge in [0.1, 0.15) is 0 Å². The van der Waals surface area contributed by atoms with Crippen LogP contribution < -0.4 is 0 Å². The van der Waals surface area contributed by atoms with Gasteiger partial charge >= 0.3 is 0 Å². The lowest BCUT2D eigenvalue weighted by Crippen LogP contribution is -2.44. The van der Waals surface area contributed by atoms with Crippen molar-refractivity contribution in [2.75, 3.05) is 13.1 Å². The molecule has 21 heavy (non-hydrogen) atoms. The quantitative estimate of drug-likeness (QED) is 0.907. The number of aliphatic hydroxyl groups is 1. The van der Waals surface area contributed by atoms with Crippen molar-refractivity contribution in [3.05, 3.63) is 18.0 Å². The maximum Gasteiger partial charge on any atom is 0.257 e. The standard InChI is InChI=1S/C16H25N3O2/c1-2-19-12-13(11-17-19)15(21)18-9-7-16(8-10-18)5-3-14(20)4-6-16/h11-12,14,20H,2-10H2,1H3. The molecule has 0 radical (unpaired) electrons. The van der Waals surface area contributed by atoms with E-state index in [1.165, 1.54) is 0 Å². The van der Waals surface area contributed by atoms with Gasteiger partial charge in [0.15, 0.2) is 0 Å². The molecule has 2 heterocycles. The first-order chi connectivity index (χ1) is 10.1. The van der Waals surface area contributed by atoms with Crippen molar-refractivity contribution in [2.45, 2.75) is 58.1 Å². The van der Waals surface area contributed by atoms with E-state index in [1.54, 1.807) is 10.9 Å². The Bertz CT molecular complexity index is 493. The number of carbonyl (C=O) groups is 1. The highest BCUT2D eigenvalue weighted by atomic mass is 16.3. The van der Waals surface area contributed by atoms with Crippen LogP contribution in [0.5, 0.6) is 0 Å². The van der Waals surface area contributed by atoms with Gasteiger partial charge in [-0.2, -0.15) is 5.10 Å². The van der Waals surface area contributed by atoms with Gasteiger partial charge in [-0.25, -0.2) is 0 Å². The van der Waals surface area contributed by atoms with E-state index < -0.39 is 0 Å². The Kier molecular flexibility index (Phi) is 4.02. The molecule has 0 bridgehead atoms. The van der Waals surface area contributed by atoms with Gasteiger partial charge in [0.25, 0.3) is 5.91 Å². The second-order valence-corrected chi connectivity index (χ2v) is 6.61. The lowest BCUT2D eigenvalue weighted by molar-refractivity contribution is 0.0168. The molecule has 1 saturated carbocycles. The topological polar surface area (TPSA) is 58.4 Å². The van der Waals surface area contributed by atoms with Gasteiger partial charge in [-0.3, -0.25) is 9.48 Å². The molecule has 1 aliphatic heterocycles. The Morgan fingerprint density at radius 1 is 1.33 bits per heavy atom. The van der Waals surface area contributed by atoms with Crippen molar-refractivity contribution in [3.8, 4) is 0 Å². The summed E-state index contributed by atoms with van der Waals surface area (Å²) in [5, 5.41) is 13.8. The molecule has 1 spiro atoms. The number of carbonyl (C=O) groups excluding carboxylic acids is 1. The molecule has 1 N–H and O–H groups in total. The largest absolute Gasteiger partial charge is 0.393 e. The van der Waals surface area contributed by atoms with E-state index in [-0.39, 0.29) is 12.0 Å². The van der Waals surface area contributed by atoms with E-state index in [4.69, 9.17) is 0 Å². The van der Waals surface area contributed by atoms with Crippen LogP contribution in [0.3, 0.4) is 0 Å². The van der Waals surface area contributed by atoms with Crippen molar-refractivity contribution in [2.24, 2.45) is 5.41 Å². The Morgan fingerprint density at radius 3 is 2.57 bits per heavy atom. The molecule has 1 aromatic heterocycles. The number of rotatable bonds is 2. The van der Waals surface area contributed by atoms with Gasteiger partial charge in [0.2, 0.25) is 0 Å². The highest BCUT2D eigenvalue weighted by Crippen LogP contribution is 2.44. The maximum atomic E-state index is 12.5. The van der Waals surface area contributed by atoms with Crippen LogP contribution in [0, 0.1) is 5.41 Å². The summed E-state index contributed by atoms with van der Waals surface area (Å²) in [7, 11) is 0. The second kappa shape index (κ2) is 5.79. The predicted molar refractivity (Wildman–Crippen MR) is 79.9 cm³/mol. The highest BCUT2D eigenvalue weighted by Gasteiger charge is 2.38. The smallest absolute Gasteiger partial charge is 0.257 e. The Hall–Kier alpha value is -1.36. The molecule has 116 valence electrons. The number of hydrogen-bond donors (Lipinski definition) is 1. The van der Waals surface area contributed by atoms with E-state index in [9.17, 15) is 9.90 Å². The summed E-state index contributed by atoms with van der Waals surface area (Å²) < 4.78 is 1.79. The summed E-state index contributed by atoms with van der Waals surface area (Å²) in [6, 6.07) is 0. The third-order valence-electron chi connectivity index (χ3n) is 5.33. The monoisotopic (exact) mass is 291 g/mol. The summed E-state index contributed by atoms with van der Waals surface area (Å²) >= 11 is 0. The number of likely N-dealkylation sites (tertiary alicyclic amines) is 1. The second-order valence-electron chi connectivity index (χ2n) is 6.61. The van der Waals surface area contributed by atoms with E-state index in [0.29, 0.717) is 11.0 Å². The van der Waals surface area contributed by atoms with Gasteiger partial charge in [-0.1, -0.05) is 0 Å². The molecule has 1 aromatic rings. The molecule has 3 rings (SSSR count). The Morgan fingerprint density at radius 2 is 2.00 bits per heavy atom. The number of amides is 1. The molecular formula is C16H25N3O2. The number of nitrogens with zero attached hydrogens (tertiary/aromatic N) is 3. The molecule has 1 amide bonds. The van der Waals surface area contributed by atoms with E-state index in [1.807, 2.05) is 18.0 Å². The lowest BCUT2D eigenvalue weighted by Gasteiger charge is -2.45. The maximum absolute atomic E-state index is 12.5. The molecule has 2 aliphatic rings. The van der Waals surface area contributed by atoms with Crippen LogP contribution in [-0.4, -0.2) is 44.9 Å². The molecule has 0 atom stereocenters. The highest BCUT2D eigenvalue weighted by molar-refractivity contribution is 5.93. The molecule has 5 heteroatoms. The van der Waals surface area contributed by atoms with Gasteiger partial charge in [0.05, 0.1) is 17.9 Å². The van der Waals surface area contributed by atoms with Gasteiger partial charge < -0.3 is 10.0 Å². The predicted octanol–water partition coefficient (Wildman–Crippen LogP) is 2.06. The van der Waals surface area contributed by atoms with Crippen LogP contribution in [0.2, 0.25) is 0 Å². The molecule has 5 nitrogen and oxygen atoms in total. The average molecular weight is 291 g/mol.